The topological polar surface area (TPSA) is 54.9 Å². The maximum absolute atomic E-state index is 12.3. The van der Waals surface area contributed by atoms with Crippen LogP contribution in [-0.2, 0) is 17.9 Å². The second kappa shape index (κ2) is 9.04. The lowest BCUT2D eigenvalue weighted by Crippen LogP contribution is -2.46. The van der Waals surface area contributed by atoms with E-state index >= 15 is 0 Å². The average molecular weight is 410 g/mol. The summed E-state index contributed by atoms with van der Waals surface area (Å²) >= 11 is 0. The first-order chi connectivity index (χ1) is 14.5. The fourth-order valence-corrected chi connectivity index (χ4v) is 4.55. The van der Waals surface area contributed by atoms with E-state index in [2.05, 4.69) is 22.9 Å². The van der Waals surface area contributed by atoms with E-state index in [-0.39, 0.29) is 12.0 Å². The fourth-order valence-electron chi connectivity index (χ4n) is 4.55. The van der Waals surface area contributed by atoms with Crippen LogP contribution in [0.2, 0.25) is 0 Å². The number of pyridine rings is 1. The molecule has 1 amide bonds. The number of hydrogen-bond acceptors (Lipinski definition) is 5. The maximum atomic E-state index is 12.3. The Morgan fingerprint density at radius 1 is 1.30 bits per heavy atom. The molecule has 1 aromatic heterocycles. The predicted octanol–water partition coefficient (Wildman–Crippen LogP) is 3.42. The molecule has 2 atom stereocenters. The van der Waals surface area contributed by atoms with Crippen LogP contribution in [0, 0.1) is 12.8 Å². The van der Waals surface area contributed by atoms with E-state index in [1.807, 2.05) is 35.5 Å². The van der Waals surface area contributed by atoms with Gasteiger partial charge in [0.05, 0.1) is 13.7 Å². The summed E-state index contributed by atoms with van der Waals surface area (Å²) in [4.78, 5) is 20.9. The molecule has 3 heterocycles. The summed E-state index contributed by atoms with van der Waals surface area (Å²) < 4.78 is 11.9. The molecular weight excluding hydrogens is 378 g/mol. The number of piperidine rings is 1. The Labute approximate surface area is 178 Å². The van der Waals surface area contributed by atoms with Crippen LogP contribution in [0.15, 0.2) is 36.7 Å². The molecule has 2 aromatic rings. The van der Waals surface area contributed by atoms with Gasteiger partial charge in [-0.1, -0.05) is 0 Å². The molecule has 160 valence electrons. The van der Waals surface area contributed by atoms with Gasteiger partial charge in [-0.15, -0.1) is 0 Å². The highest BCUT2D eigenvalue weighted by molar-refractivity contribution is 5.73. The number of hydrogen-bond donors (Lipinski definition) is 0. The Morgan fingerprint density at radius 3 is 2.93 bits per heavy atom. The molecule has 0 spiro atoms. The van der Waals surface area contributed by atoms with Gasteiger partial charge in [0.2, 0.25) is 5.91 Å². The number of ether oxygens (including phenoxy) is 2. The van der Waals surface area contributed by atoms with Gasteiger partial charge in [0.25, 0.3) is 0 Å². The standard InChI is InChI=1S/C24H31N3O3/c1-17-12-25-9-8-19(17)13-26-10-4-5-20(14-26)24-16-27(18(2)28)15-21-11-22(29-3)6-7-23(21)30-24/h6-9,11-12,20,24H,4-5,10,13-16H2,1-3H3/t20-,24-/m1/s1. The van der Waals surface area contributed by atoms with Gasteiger partial charge in [-0.05, 0) is 61.7 Å². The SMILES string of the molecule is COc1ccc2c(c1)CN(C(C)=O)C[C@H]([C@@H]1CCCN(Cc3ccncc3C)C1)O2. The Kier molecular flexibility index (Phi) is 6.23. The largest absolute Gasteiger partial charge is 0.497 e. The molecule has 30 heavy (non-hydrogen) atoms. The van der Waals surface area contributed by atoms with Crippen molar-refractivity contribution in [1.82, 2.24) is 14.8 Å². The van der Waals surface area contributed by atoms with Gasteiger partial charge < -0.3 is 14.4 Å². The molecule has 0 N–H and O–H groups in total. The number of amides is 1. The number of carbonyl (C=O) groups excluding carboxylic acids is 1. The molecule has 2 aliphatic rings. The third-order valence-corrected chi connectivity index (χ3v) is 6.35. The van der Waals surface area contributed by atoms with Gasteiger partial charge in [0, 0.05) is 50.4 Å². The van der Waals surface area contributed by atoms with Gasteiger partial charge in [-0.2, -0.15) is 0 Å². The van der Waals surface area contributed by atoms with E-state index in [1.54, 1.807) is 14.0 Å². The Balaban J connectivity index is 1.52. The van der Waals surface area contributed by atoms with Crippen LogP contribution in [0.25, 0.3) is 0 Å². The van der Waals surface area contributed by atoms with Gasteiger partial charge in [0.1, 0.15) is 17.6 Å². The van der Waals surface area contributed by atoms with Crippen LogP contribution >= 0.6 is 0 Å². The van der Waals surface area contributed by atoms with Crippen molar-refractivity contribution in [3.63, 3.8) is 0 Å². The van der Waals surface area contributed by atoms with Crippen LogP contribution in [-0.4, -0.2) is 53.5 Å². The Bertz CT molecular complexity index is 901. The number of likely N-dealkylation sites (tertiary alicyclic amines) is 1. The van der Waals surface area contributed by atoms with Gasteiger partial charge in [-0.3, -0.25) is 14.7 Å². The maximum Gasteiger partial charge on any atom is 0.219 e. The Hall–Kier alpha value is -2.60. The van der Waals surface area contributed by atoms with Crippen molar-refractivity contribution in [3.05, 3.63) is 53.3 Å². The monoisotopic (exact) mass is 409 g/mol. The lowest BCUT2D eigenvalue weighted by molar-refractivity contribution is -0.130. The summed E-state index contributed by atoms with van der Waals surface area (Å²) in [6.07, 6.45) is 6.05. The van der Waals surface area contributed by atoms with Crippen LogP contribution in [0.1, 0.15) is 36.5 Å². The minimum atomic E-state index is -0.00937. The van der Waals surface area contributed by atoms with Crippen molar-refractivity contribution in [2.24, 2.45) is 5.92 Å². The van der Waals surface area contributed by atoms with E-state index in [1.165, 1.54) is 11.1 Å². The zero-order valence-electron chi connectivity index (χ0n) is 18.1. The van der Waals surface area contributed by atoms with E-state index in [4.69, 9.17) is 9.47 Å². The highest BCUT2D eigenvalue weighted by Gasteiger charge is 2.33. The van der Waals surface area contributed by atoms with Crippen molar-refractivity contribution in [2.45, 2.75) is 45.9 Å². The average Bonchev–Trinajstić information content (AvgIpc) is 2.95. The van der Waals surface area contributed by atoms with Crippen LogP contribution in [0.3, 0.4) is 0 Å². The number of aromatic nitrogens is 1. The summed E-state index contributed by atoms with van der Waals surface area (Å²) in [6, 6.07) is 8.00. The van der Waals surface area contributed by atoms with Crippen molar-refractivity contribution in [1.29, 1.82) is 0 Å². The first kappa shape index (κ1) is 20.7. The smallest absolute Gasteiger partial charge is 0.219 e. The molecule has 0 bridgehead atoms. The normalized spacial score (nSPS) is 22.0. The van der Waals surface area contributed by atoms with Crippen LogP contribution < -0.4 is 9.47 Å². The summed E-state index contributed by atoms with van der Waals surface area (Å²) in [5.74, 6) is 2.12. The number of nitrogens with zero attached hydrogens (tertiary/aromatic N) is 3. The molecule has 0 saturated carbocycles. The van der Waals surface area contributed by atoms with Gasteiger partial charge in [-0.25, -0.2) is 0 Å². The van der Waals surface area contributed by atoms with Crippen LogP contribution in [0.4, 0.5) is 0 Å². The van der Waals surface area contributed by atoms with Crippen molar-refractivity contribution in [3.8, 4) is 11.5 Å². The number of methoxy groups -OCH3 is 1. The number of aryl methyl sites for hydroxylation is 1. The molecular formula is C24H31N3O3. The van der Waals surface area contributed by atoms with Crippen molar-refractivity contribution < 1.29 is 14.3 Å². The third-order valence-electron chi connectivity index (χ3n) is 6.35. The van der Waals surface area contributed by atoms with Gasteiger partial charge >= 0.3 is 0 Å². The summed E-state index contributed by atoms with van der Waals surface area (Å²) in [5, 5.41) is 0. The lowest BCUT2D eigenvalue weighted by atomic mass is 9.91. The second-order valence-corrected chi connectivity index (χ2v) is 8.47. The first-order valence-corrected chi connectivity index (χ1v) is 10.7. The lowest BCUT2D eigenvalue weighted by Gasteiger charge is -2.37. The molecule has 6 heteroatoms. The second-order valence-electron chi connectivity index (χ2n) is 8.47. The zero-order chi connectivity index (χ0) is 21.1. The molecule has 0 radical (unpaired) electrons. The molecule has 6 nitrogen and oxygen atoms in total. The quantitative estimate of drug-likeness (QED) is 0.775. The highest BCUT2D eigenvalue weighted by Crippen LogP contribution is 2.33. The summed E-state index contributed by atoms with van der Waals surface area (Å²) in [6.45, 7) is 7.94. The molecule has 1 fully saturated rings. The third kappa shape index (κ3) is 4.59. The number of benzene rings is 1. The molecule has 0 aliphatic carbocycles. The summed E-state index contributed by atoms with van der Waals surface area (Å²) in [7, 11) is 1.66. The molecule has 4 rings (SSSR count). The predicted molar refractivity (Wildman–Crippen MR) is 115 cm³/mol. The minimum absolute atomic E-state index is 0.00937. The number of rotatable bonds is 4. The summed E-state index contributed by atoms with van der Waals surface area (Å²) in [5.41, 5.74) is 3.57. The van der Waals surface area contributed by atoms with Crippen LogP contribution in [0.5, 0.6) is 11.5 Å². The molecule has 2 aliphatic heterocycles. The molecule has 1 saturated heterocycles. The van der Waals surface area contributed by atoms with Gasteiger partial charge in [0.15, 0.2) is 0 Å². The van der Waals surface area contributed by atoms with Crippen molar-refractivity contribution >= 4 is 5.91 Å². The van der Waals surface area contributed by atoms with E-state index in [0.717, 1.165) is 49.5 Å². The Morgan fingerprint density at radius 2 is 2.17 bits per heavy atom. The molecule has 0 unspecified atom stereocenters. The first-order valence-electron chi connectivity index (χ1n) is 10.7. The van der Waals surface area contributed by atoms with E-state index < -0.39 is 0 Å². The molecule has 1 aromatic carbocycles. The minimum Gasteiger partial charge on any atom is -0.497 e. The highest BCUT2D eigenvalue weighted by atomic mass is 16.5. The van der Waals surface area contributed by atoms with E-state index in [9.17, 15) is 4.79 Å². The van der Waals surface area contributed by atoms with Crippen molar-refractivity contribution in [2.75, 3.05) is 26.7 Å². The number of fused-ring (bicyclic) bond motifs is 1. The zero-order valence-corrected chi connectivity index (χ0v) is 18.1. The van der Waals surface area contributed by atoms with E-state index in [0.29, 0.717) is 19.0 Å². The fraction of sp³-hybridized carbons (Fsp3) is 0.500. The number of carbonyl (C=O) groups is 1.